The molecular weight excluding hydrogens is 342 g/mol. The molecule has 0 atom stereocenters. The van der Waals surface area contributed by atoms with E-state index < -0.39 is 0 Å². The lowest BCUT2D eigenvalue weighted by Crippen LogP contribution is -2.30. The Bertz CT molecular complexity index is 695. The van der Waals surface area contributed by atoms with E-state index in [-0.39, 0.29) is 11.8 Å². The van der Waals surface area contributed by atoms with Crippen LogP contribution < -0.4 is 4.90 Å². The fourth-order valence-corrected chi connectivity index (χ4v) is 2.91. The second kappa shape index (κ2) is 5.04. The Morgan fingerprint density at radius 2 is 1.60 bits per heavy atom. The molecule has 100 valence electrons. The molecule has 0 aromatic heterocycles. The highest BCUT2D eigenvalue weighted by Gasteiger charge is 2.37. The molecule has 0 spiro atoms. The Labute approximate surface area is 129 Å². The fraction of sp³-hybridized carbons (Fsp3) is 0.0667. The normalized spacial score (nSPS) is 13.8. The number of carbonyl (C=O) groups excluding carboxylic acids is 2. The van der Waals surface area contributed by atoms with Crippen molar-refractivity contribution in [2.75, 3.05) is 4.90 Å². The summed E-state index contributed by atoms with van der Waals surface area (Å²) >= 11 is 9.36. The van der Waals surface area contributed by atoms with E-state index in [0.717, 1.165) is 5.56 Å². The third-order valence-electron chi connectivity index (χ3n) is 3.23. The number of anilines is 1. The van der Waals surface area contributed by atoms with Crippen LogP contribution in [0.2, 0.25) is 5.02 Å². The van der Waals surface area contributed by atoms with E-state index in [4.69, 9.17) is 11.6 Å². The van der Waals surface area contributed by atoms with Crippen LogP contribution in [0.4, 0.5) is 5.69 Å². The molecule has 2 amide bonds. The monoisotopic (exact) mass is 349 g/mol. The maximum Gasteiger partial charge on any atom is 0.266 e. The maximum absolute atomic E-state index is 12.4. The lowest BCUT2D eigenvalue weighted by molar-refractivity contribution is 0.0926. The topological polar surface area (TPSA) is 37.4 Å². The number of halogens is 2. The fourth-order valence-electron chi connectivity index (χ4n) is 2.27. The first-order valence-electron chi connectivity index (χ1n) is 5.95. The summed E-state index contributed by atoms with van der Waals surface area (Å²) < 4.78 is 0. The number of hydrogen-bond acceptors (Lipinski definition) is 2. The molecule has 1 aliphatic heterocycles. The van der Waals surface area contributed by atoms with Crippen LogP contribution in [0.1, 0.15) is 26.3 Å². The van der Waals surface area contributed by atoms with Crippen molar-refractivity contribution in [3.8, 4) is 0 Å². The van der Waals surface area contributed by atoms with Crippen molar-refractivity contribution in [3.05, 3.63) is 64.2 Å². The molecule has 2 aromatic rings. The summed E-state index contributed by atoms with van der Waals surface area (Å²) in [6.07, 6.45) is 0. The molecule has 3 rings (SSSR count). The van der Waals surface area contributed by atoms with E-state index in [1.165, 1.54) is 4.90 Å². The first-order valence-corrected chi connectivity index (χ1v) is 7.45. The van der Waals surface area contributed by atoms with Crippen molar-refractivity contribution in [2.24, 2.45) is 0 Å². The van der Waals surface area contributed by atoms with Crippen molar-refractivity contribution in [1.29, 1.82) is 0 Å². The van der Waals surface area contributed by atoms with Gasteiger partial charge in [-0.15, -0.1) is 0 Å². The lowest BCUT2D eigenvalue weighted by Gasteiger charge is -2.17. The molecule has 0 bridgehead atoms. The van der Waals surface area contributed by atoms with Crippen LogP contribution in [0.3, 0.4) is 0 Å². The zero-order valence-electron chi connectivity index (χ0n) is 10.3. The van der Waals surface area contributed by atoms with Gasteiger partial charge in [-0.2, -0.15) is 0 Å². The van der Waals surface area contributed by atoms with Gasteiger partial charge in [-0.1, -0.05) is 45.7 Å². The molecule has 20 heavy (non-hydrogen) atoms. The van der Waals surface area contributed by atoms with Gasteiger partial charge in [-0.25, -0.2) is 4.90 Å². The Hall–Kier alpha value is -1.65. The standard InChI is InChI=1S/C15H9BrClNO2/c16-8-9-5-6-10(17)7-13(9)18-14(19)11-3-1-2-4-12(11)15(18)20/h1-7H,8H2. The molecule has 0 aliphatic carbocycles. The largest absolute Gasteiger partial charge is 0.268 e. The number of rotatable bonds is 2. The van der Waals surface area contributed by atoms with Crippen molar-refractivity contribution < 1.29 is 9.59 Å². The minimum absolute atomic E-state index is 0.310. The van der Waals surface area contributed by atoms with E-state index in [9.17, 15) is 9.59 Å². The van der Waals surface area contributed by atoms with E-state index in [2.05, 4.69) is 15.9 Å². The summed E-state index contributed by atoms with van der Waals surface area (Å²) in [6.45, 7) is 0. The predicted molar refractivity (Wildman–Crippen MR) is 81.7 cm³/mol. The predicted octanol–water partition coefficient (Wildman–Crippen LogP) is 4.04. The smallest absolute Gasteiger partial charge is 0.266 e. The molecule has 0 fully saturated rings. The average Bonchev–Trinajstić information content (AvgIpc) is 2.71. The van der Waals surface area contributed by atoms with E-state index >= 15 is 0 Å². The van der Waals surface area contributed by atoms with Gasteiger partial charge in [0.15, 0.2) is 0 Å². The van der Waals surface area contributed by atoms with Crippen molar-refractivity contribution >= 4 is 45.0 Å². The third kappa shape index (κ3) is 1.96. The molecule has 3 nitrogen and oxygen atoms in total. The van der Waals surface area contributed by atoms with E-state index in [1.54, 1.807) is 42.5 Å². The molecular formula is C15H9BrClNO2. The summed E-state index contributed by atoms with van der Waals surface area (Å²) in [5.74, 6) is -0.620. The van der Waals surface area contributed by atoms with Gasteiger partial charge >= 0.3 is 0 Å². The van der Waals surface area contributed by atoms with Crippen LogP contribution in [0.5, 0.6) is 0 Å². The number of alkyl halides is 1. The minimum atomic E-state index is -0.310. The van der Waals surface area contributed by atoms with Crippen molar-refractivity contribution in [1.82, 2.24) is 0 Å². The molecule has 2 aromatic carbocycles. The second-order valence-electron chi connectivity index (χ2n) is 4.40. The van der Waals surface area contributed by atoms with Crippen molar-refractivity contribution in [2.45, 2.75) is 5.33 Å². The van der Waals surface area contributed by atoms with Gasteiger partial charge in [0.2, 0.25) is 0 Å². The first-order chi connectivity index (χ1) is 9.63. The number of fused-ring (bicyclic) bond motifs is 1. The second-order valence-corrected chi connectivity index (χ2v) is 5.40. The number of carbonyl (C=O) groups is 2. The van der Waals surface area contributed by atoms with Gasteiger partial charge in [-0.3, -0.25) is 9.59 Å². The summed E-state index contributed by atoms with van der Waals surface area (Å²) in [5, 5.41) is 1.02. The van der Waals surface area contributed by atoms with Crippen LogP contribution in [0.15, 0.2) is 42.5 Å². The van der Waals surface area contributed by atoms with Gasteiger partial charge in [0.1, 0.15) is 0 Å². The Morgan fingerprint density at radius 3 is 2.15 bits per heavy atom. The number of amides is 2. The first kappa shape index (κ1) is 13.3. The molecule has 5 heteroatoms. The molecule has 0 radical (unpaired) electrons. The maximum atomic E-state index is 12.4. The van der Waals surface area contributed by atoms with Crippen LogP contribution >= 0.6 is 27.5 Å². The Morgan fingerprint density at radius 1 is 1.00 bits per heavy atom. The molecule has 1 heterocycles. The highest BCUT2D eigenvalue weighted by Crippen LogP contribution is 2.33. The molecule has 1 aliphatic rings. The zero-order valence-corrected chi connectivity index (χ0v) is 12.6. The highest BCUT2D eigenvalue weighted by atomic mass is 79.9. The molecule has 0 saturated heterocycles. The Kier molecular flexibility index (Phi) is 3.36. The van der Waals surface area contributed by atoms with Gasteiger partial charge in [0, 0.05) is 10.4 Å². The van der Waals surface area contributed by atoms with Crippen LogP contribution in [0, 0.1) is 0 Å². The summed E-state index contributed by atoms with van der Waals surface area (Å²) in [7, 11) is 0. The number of imide groups is 1. The summed E-state index contributed by atoms with van der Waals surface area (Å²) in [4.78, 5) is 26.1. The lowest BCUT2D eigenvalue weighted by atomic mass is 10.1. The van der Waals surface area contributed by atoms with E-state index in [0.29, 0.717) is 27.2 Å². The summed E-state index contributed by atoms with van der Waals surface area (Å²) in [6, 6.07) is 12.0. The third-order valence-corrected chi connectivity index (χ3v) is 4.07. The Balaban J connectivity index is 2.16. The van der Waals surface area contributed by atoms with Crippen LogP contribution in [-0.4, -0.2) is 11.8 Å². The average molecular weight is 351 g/mol. The number of hydrogen-bond donors (Lipinski definition) is 0. The van der Waals surface area contributed by atoms with Gasteiger partial charge in [0.25, 0.3) is 11.8 Å². The quantitative estimate of drug-likeness (QED) is 0.605. The number of benzene rings is 2. The van der Waals surface area contributed by atoms with Crippen molar-refractivity contribution in [3.63, 3.8) is 0 Å². The highest BCUT2D eigenvalue weighted by molar-refractivity contribution is 9.08. The minimum Gasteiger partial charge on any atom is -0.268 e. The van der Waals surface area contributed by atoms with Crippen LogP contribution in [-0.2, 0) is 5.33 Å². The van der Waals surface area contributed by atoms with Gasteiger partial charge in [0.05, 0.1) is 16.8 Å². The molecule has 0 unspecified atom stereocenters. The zero-order chi connectivity index (χ0) is 14.3. The van der Waals surface area contributed by atoms with Gasteiger partial charge in [-0.05, 0) is 29.8 Å². The van der Waals surface area contributed by atoms with Crippen LogP contribution in [0.25, 0.3) is 0 Å². The van der Waals surface area contributed by atoms with E-state index in [1.807, 2.05) is 0 Å². The molecule has 0 N–H and O–H groups in total. The SMILES string of the molecule is O=C1c2ccccc2C(=O)N1c1cc(Cl)ccc1CBr. The molecule has 0 saturated carbocycles. The van der Waals surface area contributed by atoms with Gasteiger partial charge < -0.3 is 0 Å². The number of nitrogens with zero attached hydrogens (tertiary/aromatic N) is 1. The summed E-state index contributed by atoms with van der Waals surface area (Å²) in [5.41, 5.74) is 2.22.